The zero-order valence-corrected chi connectivity index (χ0v) is 27.5. The average molecular weight is 686 g/mol. The van der Waals surface area contributed by atoms with Crippen molar-refractivity contribution in [1.82, 2.24) is 0 Å². The second-order valence-electron chi connectivity index (χ2n) is 8.90. The molecule has 8 heteroatoms. The average Bonchev–Trinajstić information content (AvgIpc) is 2.90. The SMILES string of the molecule is C.COc1cc(O)c(C)c2c1C(=O)c1ccc[c-]c1C2.COc1cc(O)cc2c1C(=O)c1ccc[c-]c1C2.[Y].[Y]. The Bertz CT molecular complexity index is 1580. The Morgan fingerprint density at radius 2 is 1.30 bits per heavy atom. The molecule has 0 saturated carbocycles. The molecule has 0 atom stereocenters. The maximum absolute atomic E-state index is 12.6. The minimum absolute atomic E-state index is 0. The summed E-state index contributed by atoms with van der Waals surface area (Å²) >= 11 is 0. The predicted molar refractivity (Wildman–Crippen MR) is 144 cm³/mol. The van der Waals surface area contributed by atoms with E-state index in [1.165, 1.54) is 26.4 Å². The molecule has 0 fully saturated rings. The van der Waals surface area contributed by atoms with Gasteiger partial charge in [0.25, 0.3) is 0 Å². The third-order valence-electron chi connectivity index (χ3n) is 6.81. The summed E-state index contributed by atoms with van der Waals surface area (Å²) in [4.78, 5) is 25.0. The van der Waals surface area contributed by atoms with Crippen LogP contribution in [0.4, 0.5) is 0 Å². The van der Waals surface area contributed by atoms with Crippen LogP contribution in [0, 0.1) is 19.1 Å². The van der Waals surface area contributed by atoms with Crippen molar-refractivity contribution in [3.8, 4) is 23.0 Å². The largest absolute Gasteiger partial charge is 0.508 e. The third kappa shape index (κ3) is 6.11. The summed E-state index contributed by atoms with van der Waals surface area (Å²) in [5, 5.41) is 19.6. The molecule has 0 aromatic heterocycles. The normalized spacial score (nSPS) is 11.9. The van der Waals surface area contributed by atoms with Gasteiger partial charge in [-0.15, -0.1) is 11.1 Å². The number of carbonyl (C=O) groups excluding carboxylic acids is 2. The van der Waals surface area contributed by atoms with Gasteiger partial charge < -0.3 is 29.3 Å². The van der Waals surface area contributed by atoms with Gasteiger partial charge >= 0.3 is 0 Å². The number of rotatable bonds is 2. The van der Waals surface area contributed by atoms with E-state index in [1.54, 1.807) is 36.4 Å². The molecule has 2 aliphatic carbocycles. The molecule has 0 spiro atoms. The number of hydrogen-bond acceptors (Lipinski definition) is 6. The maximum Gasteiger partial charge on any atom is 0.143 e. The first-order valence-electron chi connectivity index (χ1n) is 11.7. The van der Waals surface area contributed by atoms with E-state index in [1.807, 2.05) is 13.0 Å². The molecule has 0 amide bonds. The molecule has 0 heterocycles. The van der Waals surface area contributed by atoms with Crippen molar-refractivity contribution >= 4 is 11.6 Å². The summed E-state index contributed by atoms with van der Waals surface area (Å²) in [6.45, 7) is 1.81. The quantitative estimate of drug-likeness (QED) is 0.230. The van der Waals surface area contributed by atoms with Crippen molar-refractivity contribution in [1.29, 1.82) is 0 Å². The van der Waals surface area contributed by atoms with Crippen LogP contribution in [0.3, 0.4) is 0 Å². The van der Waals surface area contributed by atoms with Gasteiger partial charge in [-0.3, -0.25) is 0 Å². The first-order chi connectivity index (χ1) is 17.8. The van der Waals surface area contributed by atoms with Gasteiger partial charge in [0.2, 0.25) is 0 Å². The van der Waals surface area contributed by atoms with Gasteiger partial charge in [-0.2, -0.15) is 48.5 Å². The van der Waals surface area contributed by atoms with Crippen LogP contribution in [0.1, 0.15) is 67.1 Å². The van der Waals surface area contributed by atoms with E-state index >= 15 is 0 Å². The van der Waals surface area contributed by atoms with Gasteiger partial charge in [0, 0.05) is 77.6 Å². The Labute approximate surface area is 284 Å². The Hall–Kier alpha value is -2.37. The fourth-order valence-corrected chi connectivity index (χ4v) is 4.94. The fourth-order valence-electron chi connectivity index (χ4n) is 4.94. The minimum atomic E-state index is -0.0695. The van der Waals surface area contributed by atoms with Gasteiger partial charge in [-0.25, -0.2) is 0 Å². The molecule has 6 nitrogen and oxygen atoms in total. The summed E-state index contributed by atoms with van der Waals surface area (Å²) < 4.78 is 10.4. The molecule has 2 N–H and O–H groups in total. The molecule has 0 bridgehead atoms. The van der Waals surface area contributed by atoms with Gasteiger partial charge in [0.15, 0.2) is 0 Å². The van der Waals surface area contributed by atoms with E-state index in [9.17, 15) is 19.8 Å². The molecular weight excluding hydrogens is 658 g/mol. The number of phenolic OH excluding ortho intramolecular Hbond substituents is 2. The van der Waals surface area contributed by atoms with Crippen LogP contribution in [0.15, 0.2) is 54.6 Å². The Morgan fingerprint density at radius 3 is 1.88 bits per heavy atom. The van der Waals surface area contributed by atoms with E-state index in [2.05, 4.69) is 12.1 Å². The number of ketones is 2. The van der Waals surface area contributed by atoms with E-state index in [-0.39, 0.29) is 95.9 Å². The molecule has 40 heavy (non-hydrogen) atoms. The zero-order valence-electron chi connectivity index (χ0n) is 21.8. The van der Waals surface area contributed by atoms with Gasteiger partial charge in [-0.1, -0.05) is 18.6 Å². The van der Waals surface area contributed by atoms with Crippen LogP contribution in [-0.2, 0) is 78.3 Å². The number of benzene rings is 4. The topological polar surface area (TPSA) is 93.1 Å². The molecule has 4 aromatic carbocycles. The van der Waals surface area contributed by atoms with Crippen molar-refractivity contribution < 1.29 is 94.7 Å². The number of phenols is 2. The van der Waals surface area contributed by atoms with Crippen LogP contribution in [0.2, 0.25) is 0 Å². The monoisotopic (exact) mass is 686 g/mol. The van der Waals surface area contributed by atoms with Gasteiger partial charge in [0.1, 0.15) is 34.6 Å². The van der Waals surface area contributed by atoms with Gasteiger partial charge in [0.05, 0.1) is 25.3 Å². The van der Waals surface area contributed by atoms with E-state index < -0.39 is 0 Å². The van der Waals surface area contributed by atoms with Crippen molar-refractivity contribution in [2.45, 2.75) is 27.2 Å². The molecule has 200 valence electrons. The van der Waals surface area contributed by atoms with Crippen molar-refractivity contribution in [2.24, 2.45) is 0 Å². The molecule has 4 aromatic rings. The molecule has 0 saturated heterocycles. The number of ether oxygens (including phenoxy) is 2. The van der Waals surface area contributed by atoms with Crippen LogP contribution in [0.25, 0.3) is 0 Å². The molecule has 2 aliphatic rings. The zero-order chi connectivity index (χ0) is 26.3. The summed E-state index contributed by atoms with van der Waals surface area (Å²) in [5.74, 6) is 0.982. The number of aromatic hydroxyl groups is 2. The van der Waals surface area contributed by atoms with Crippen molar-refractivity contribution in [3.63, 3.8) is 0 Å². The van der Waals surface area contributed by atoms with Crippen LogP contribution < -0.4 is 9.47 Å². The van der Waals surface area contributed by atoms with Crippen molar-refractivity contribution in [3.05, 3.63) is 117 Å². The van der Waals surface area contributed by atoms with Gasteiger partial charge in [-0.05, 0) is 42.5 Å². The van der Waals surface area contributed by atoms with E-state index in [0.29, 0.717) is 46.6 Å². The molecule has 0 unspecified atom stereocenters. The van der Waals surface area contributed by atoms with E-state index in [0.717, 1.165) is 27.8 Å². The first kappa shape index (κ1) is 33.8. The first-order valence-corrected chi connectivity index (χ1v) is 11.7. The third-order valence-corrected chi connectivity index (χ3v) is 6.81. The summed E-state index contributed by atoms with van der Waals surface area (Å²) in [5.41, 5.74) is 6.51. The molecule has 2 radical (unpaired) electrons. The van der Waals surface area contributed by atoms with Crippen LogP contribution >= 0.6 is 0 Å². The Morgan fingerprint density at radius 1 is 0.775 bits per heavy atom. The Balaban J connectivity index is 0.000000261. The van der Waals surface area contributed by atoms with Crippen LogP contribution in [-0.4, -0.2) is 36.0 Å². The second-order valence-corrected chi connectivity index (χ2v) is 8.90. The molecule has 0 aliphatic heterocycles. The van der Waals surface area contributed by atoms with Crippen molar-refractivity contribution in [2.75, 3.05) is 14.2 Å². The molecule has 6 rings (SSSR count). The Kier molecular flexibility index (Phi) is 11.8. The smallest absolute Gasteiger partial charge is 0.143 e. The van der Waals surface area contributed by atoms with E-state index in [4.69, 9.17) is 9.47 Å². The maximum atomic E-state index is 12.6. The summed E-state index contributed by atoms with van der Waals surface area (Å²) in [6, 6.07) is 21.5. The summed E-state index contributed by atoms with van der Waals surface area (Å²) in [6.07, 6.45) is 1.18. The predicted octanol–water partition coefficient (Wildman–Crippen LogP) is 5.61. The number of carbonyl (C=O) groups is 2. The number of methoxy groups -OCH3 is 2. The standard InChI is InChI=1S/C16H13O3.C15H11O3.CH4.2Y/c1-9-12-7-10-5-3-4-6-11(10)16(18)15(12)14(19-2)8-13(9)17;1-18-13-8-11(16)7-10-6-9-4-2-3-5-12(9)15(17)14(10)13;;;/h3-4,6,8,17H,7H2,1-2H3;2-3,5,7-8,16H,6H2,1H3;1H4;;/q2*-1;;;. The second kappa shape index (κ2) is 14.0. The fraction of sp³-hybridized carbons (Fsp3) is 0.188. The van der Waals surface area contributed by atoms with Crippen LogP contribution in [0.5, 0.6) is 23.0 Å². The minimum Gasteiger partial charge on any atom is -0.508 e. The molecular formula is C32H28O6Y2-2. The summed E-state index contributed by atoms with van der Waals surface area (Å²) in [7, 11) is 3.00. The number of hydrogen-bond donors (Lipinski definition) is 2. The number of fused-ring (bicyclic) bond motifs is 4.